The lowest BCUT2D eigenvalue weighted by Crippen LogP contribution is -1.98. The number of fused-ring (bicyclic) bond motifs is 2. The van der Waals surface area contributed by atoms with Crippen molar-refractivity contribution >= 4 is 21.8 Å². The highest BCUT2D eigenvalue weighted by atomic mass is 15.2. The van der Waals surface area contributed by atoms with E-state index >= 15 is 0 Å². The maximum atomic E-state index is 4.40. The molecule has 90 valence electrons. The van der Waals surface area contributed by atoms with Gasteiger partial charge >= 0.3 is 0 Å². The molecule has 0 aliphatic carbocycles. The van der Waals surface area contributed by atoms with Crippen LogP contribution in [0.25, 0.3) is 27.6 Å². The van der Waals surface area contributed by atoms with Crippen LogP contribution in [0.4, 0.5) is 0 Å². The van der Waals surface area contributed by atoms with Crippen LogP contribution in [0.2, 0.25) is 0 Å². The maximum Gasteiger partial charge on any atom is 0.168 e. The summed E-state index contributed by atoms with van der Waals surface area (Å²) in [5.74, 6) is 0.812. The number of nitrogens with zero attached hydrogens (tertiary/aromatic N) is 4. The Labute approximate surface area is 109 Å². The quantitative estimate of drug-likeness (QED) is 0.518. The Morgan fingerprint density at radius 1 is 0.895 bits per heavy atom. The highest BCUT2D eigenvalue weighted by Gasteiger charge is 2.08. The summed E-state index contributed by atoms with van der Waals surface area (Å²) in [4.78, 5) is 4.40. The molecule has 0 fully saturated rings. The Morgan fingerprint density at radius 2 is 1.74 bits per heavy atom. The van der Waals surface area contributed by atoms with Crippen molar-refractivity contribution in [3.63, 3.8) is 0 Å². The molecule has 0 aliphatic heterocycles. The number of imidazole rings is 1. The summed E-state index contributed by atoms with van der Waals surface area (Å²) in [6.07, 6.45) is 3.57. The highest BCUT2D eigenvalue weighted by Crippen LogP contribution is 2.22. The number of aromatic nitrogens is 4. The summed E-state index contributed by atoms with van der Waals surface area (Å²) in [5.41, 5.74) is 1.99. The average Bonchev–Trinajstić information content (AvgIpc) is 2.90. The van der Waals surface area contributed by atoms with Crippen LogP contribution in [-0.4, -0.2) is 19.7 Å². The molecule has 0 aliphatic rings. The fourth-order valence-corrected chi connectivity index (χ4v) is 2.32. The standard InChI is InChI=1S/C15H10N4/c1-2-6-12-11(5-1)9-17-18-15(12)19-10-16-13-7-3-4-8-14(13)19/h1-10H. The summed E-state index contributed by atoms with van der Waals surface area (Å²) < 4.78 is 1.98. The molecule has 0 radical (unpaired) electrons. The van der Waals surface area contributed by atoms with E-state index in [-0.39, 0.29) is 0 Å². The van der Waals surface area contributed by atoms with E-state index in [9.17, 15) is 0 Å². The number of hydrogen-bond donors (Lipinski definition) is 0. The van der Waals surface area contributed by atoms with Gasteiger partial charge in [-0.2, -0.15) is 5.10 Å². The van der Waals surface area contributed by atoms with Crippen LogP contribution in [0, 0.1) is 0 Å². The molecule has 0 atom stereocenters. The monoisotopic (exact) mass is 246 g/mol. The molecule has 4 aromatic rings. The Hall–Kier alpha value is -2.75. The lowest BCUT2D eigenvalue weighted by molar-refractivity contribution is 0.946. The predicted octanol–water partition coefficient (Wildman–Crippen LogP) is 2.97. The molecule has 0 unspecified atom stereocenters. The van der Waals surface area contributed by atoms with Gasteiger partial charge in [-0.05, 0) is 12.1 Å². The van der Waals surface area contributed by atoms with Gasteiger partial charge in [0.1, 0.15) is 6.33 Å². The Balaban J connectivity index is 2.10. The van der Waals surface area contributed by atoms with Crippen molar-refractivity contribution in [2.75, 3.05) is 0 Å². The minimum Gasteiger partial charge on any atom is -0.281 e. The maximum absolute atomic E-state index is 4.40. The lowest BCUT2D eigenvalue weighted by atomic mass is 10.2. The predicted molar refractivity (Wildman–Crippen MR) is 74.2 cm³/mol. The molecular formula is C15H10N4. The van der Waals surface area contributed by atoms with E-state index in [0.29, 0.717) is 0 Å². The van der Waals surface area contributed by atoms with Crippen LogP contribution >= 0.6 is 0 Å². The van der Waals surface area contributed by atoms with Crippen LogP contribution in [0.15, 0.2) is 61.1 Å². The van der Waals surface area contributed by atoms with Crippen molar-refractivity contribution < 1.29 is 0 Å². The second-order valence-corrected chi connectivity index (χ2v) is 4.36. The summed E-state index contributed by atoms with van der Waals surface area (Å²) in [6.45, 7) is 0. The molecular weight excluding hydrogens is 236 g/mol. The van der Waals surface area contributed by atoms with Gasteiger partial charge in [-0.25, -0.2) is 4.98 Å². The molecule has 0 spiro atoms. The SMILES string of the molecule is c1ccc2c(-n3cnc4ccccc43)nncc2c1. The summed E-state index contributed by atoms with van der Waals surface area (Å²) in [6, 6.07) is 16.1. The van der Waals surface area contributed by atoms with Crippen LogP contribution in [-0.2, 0) is 0 Å². The van der Waals surface area contributed by atoms with Gasteiger partial charge in [-0.1, -0.05) is 36.4 Å². The third kappa shape index (κ3) is 1.50. The molecule has 0 N–H and O–H groups in total. The van der Waals surface area contributed by atoms with Crippen LogP contribution in [0.5, 0.6) is 0 Å². The van der Waals surface area contributed by atoms with E-state index in [1.807, 2.05) is 53.1 Å². The largest absolute Gasteiger partial charge is 0.281 e. The number of rotatable bonds is 1. The zero-order chi connectivity index (χ0) is 12.7. The highest BCUT2D eigenvalue weighted by molar-refractivity contribution is 5.89. The van der Waals surface area contributed by atoms with Crippen molar-refractivity contribution in [2.45, 2.75) is 0 Å². The first-order valence-corrected chi connectivity index (χ1v) is 6.06. The average molecular weight is 246 g/mol. The van der Waals surface area contributed by atoms with Gasteiger partial charge in [-0.15, -0.1) is 5.10 Å². The topological polar surface area (TPSA) is 43.6 Å². The van der Waals surface area contributed by atoms with Gasteiger partial charge in [-0.3, -0.25) is 4.57 Å². The van der Waals surface area contributed by atoms with Crippen molar-refractivity contribution in [3.05, 3.63) is 61.1 Å². The first-order chi connectivity index (χ1) is 9.43. The zero-order valence-corrected chi connectivity index (χ0v) is 10.1. The van der Waals surface area contributed by atoms with Crippen LogP contribution < -0.4 is 0 Å². The minimum atomic E-state index is 0.812. The third-order valence-corrected chi connectivity index (χ3v) is 3.23. The van der Waals surface area contributed by atoms with Gasteiger partial charge in [0.25, 0.3) is 0 Å². The van der Waals surface area contributed by atoms with Gasteiger partial charge in [0, 0.05) is 10.8 Å². The van der Waals surface area contributed by atoms with E-state index < -0.39 is 0 Å². The van der Waals surface area contributed by atoms with Gasteiger partial charge < -0.3 is 0 Å². The Kier molecular flexibility index (Phi) is 2.08. The normalized spacial score (nSPS) is 11.2. The molecule has 19 heavy (non-hydrogen) atoms. The molecule has 2 heterocycles. The van der Waals surface area contributed by atoms with Gasteiger partial charge in [0.15, 0.2) is 5.82 Å². The number of para-hydroxylation sites is 2. The number of benzene rings is 2. The molecule has 2 aromatic heterocycles. The van der Waals surface area contributed by atoms with Crippen LogP contribution in [0.1, 0.15) is 0 Å². The minimum absolute atomic E-state index is 0.812. The zero-order valence-electron chi connectivity index (χ0n) is 10.1. The second kappa shape index (κ2) is 3.88. The summed E-state index contributed by atoms with van der Waals surface area (Å²) >= 11 is 0. The van der Waals surface area contributed by atoms with Gasteiger partial charge in [0.2, 0.25) is 0 Å². The van der Waals surface area contributed by atoms with Crippen molar-refractivity contribution in [2.24, 2.45) is 0 Å². The fourth-order valence-electron chi connectivity index (χ4n) is 2.32. The molecule has 2 aromatic carbocycles. The van der Waals surface area contributed by atoms with Crippen molar-refractivity contribution in [1.82, 2.24) is 19.7 Å². The van der Waals surface area contributed by atoms with E-state index in [1.165, 1.54) is 0 Å². The Bertz CT molecular complexity index is 874. The molecule has 0 bridgehead atoms. The molecule has 0 saturated carbocycles. The molecule has 4 heteroatoms. The fraction of sp³-hybridized carbons (Fsp3) is 0. The number of hydrogen-bond acceptors (Lipinski definition) is 3. The lowest BCUT2D eigenvalue weighted by Gasteiger charge is -2.05. The van der Waals surface area contributed by atoms with E-state index in [1.54, 1.807) is 12.5 Å². The van der Waals surface area contributed by atoms with Crippen LogP contribution in [0.3, 0.4) is 0 Å². The summed E-state index contributed by atoms with van der Waals surface area (Å²) in [5, 5.41) is 10.5. The first kappa shape index (κ1) is 10.2. The van der Waals surface area contributed by atoms with Crippen molar-refractivity contribution in [1.29, 1.82) is 0 Å². The summed E-state index contributed by atoms with van der Waals surface area (Å²) in [7, 11) is 0. The molecule has 4 nitrogen and oxygen atoms in total. The molecule has 0 amide bonds. The molecule has 0 saturated heterocycles. The third-order valence-electron chi connectivity index (χ3n) is 3.23. The van der Waals surface area contributed by atoms with E-state index in [2.05, 4.69) is 15.2 Å². The smallest absolute Gasteiger partial charge is 0.168 e. The molecule has 4 rings (SSSR count). The van der Waals surface area contributed by atoms with Crippen molar-refractivity contribution in [3.8, 4) is 5.82 Å². The second-order valence-electron chi connectivity index (χ2n) is 4.36. The van der Waals surface area contributed by atoms with Gasteiger partial charge in [0.05, 0.1) is 17.2 Å². The Morgan fingerprint density at radius 3 is 2.74 bits per heavy atom. The first-order valence-electron chi connectivity index (χ1n) is 6.06. The van der Waals surface area contributed by atoms with E-state index in [0.717, 1.165) is 27.6 Å². The van der Waals surface area contributed by atoms with E-state index in [4.69, 9.17) is 0 Å².